The number of carbonyl (C=O) groups excluding carboxylic acids is 1. The van der Waals surface area contributed by atoms with E-state index in [9.17, 15) is 4.79 Å². The van der Waals surface area contributed by atoms with Gasteiger partial charge in [-0.2, -0.15) is 5.10 Å². The molecule has 5 rings (SSSR count). The highest BCUT2D eigenvalue weighted by molar-refractivity contribution is 6.31. The van der Waals surface area contributed by atoms with E-state index in [4.69, 9.17) is 16.6 Å². The first-order valence-electron chi connectivity index (χ1n) is 11.5. The first-order valence-corrected chi connectivity index (χ1v) is 11.9. The summed E-state index contributed by atoms with van der Waals surface area (Å²) in [4.78, 5) is 25.2. The van der Waals surface area contributed by atoms with Crippen molar-refractivity contribution in [2.45, 2.75) is 13.0 Å². The number of anilines is 2. The highest BCUT2D eigenvalue weighted by Gasteiger charge is 2.18. The molecule has 1 saturated heterocycles. The molecule has 1 aliphatic heterocycles. The summed E-state index contributed by atoms with van der Waals surface area (Å²) in [5.41, 5.74) is 4.46. The molecule has 3 heterocycles. The Balaban J connectivity index is 1.35. The van der Waals surface area contributed by atoms with Gasteiger partial charge in [-0.3, -0.25) is 9.69 Å². The van der Waals surface area contributed by atoms with Crippen LogP contribution in [0.15, 0.2) is 73.1 Å². The molecule has 9 heteroatoms. The molecule has 178 valence electrons. The zero-order valence-corrected chi connectivity index (χ0v) is 20.2. The van der Waals surface area contributed by atoms with Gasteiger partial charge in [0.05, 0.1) is 23.3 Å². The summed E-state index contributed by atoms with van der Waals surface area (Å²) in [6, 6.07) is 19.6. The lowest BCUT2D eigenvalue weighted by Crippen LogP contribution is -2.29. The molecule has 0 saturated carbocycles. The van der Waals surface area contributed by atoms with Gasteiger partial charge in [-0.05, 0) is 48.0 Å². The molecule has 8 nitrogen and oxygen atoms in total. The molecule has 1 amide bonds. The number of hydrogen-bond donors (Lipinski definition) is 1. The number of halogens is 1. The highest BCUT2D eigenvalue weighted by atomic mass is 35.5. The van der Waals surface area contributed by atoms with Gasteiger partial charge in [0.15, 0.2) is 0 Å². The Labute approximate surface area is 209 Å². The Morgan fingerprint density at radius 2 is 1.86 bits per heavy atom. The van der Waals surface area contributed by atoms with E-state index in [1.165, 1.54) is 0 Å². The minimum Gasteiger partial charge on any atom is -0.344 e. The maximum atomic E-state index is 12.0. The predicted octanol–water partition coefficient (Wildman–Crippen LogP) is 4.39. The van der Waals surface area contributed by atoms with Crippen molar-refractivity contribution >= 4 is 29.1 Å². The molecular weight excluding hydrogens is 462 g/mol. The summed E-state index contributed by atoms with van der Waals surface area (Å²) < 4.78 is 1.85. The van der Waals surface area contributed by atoms with Gasteiger partial charge in [0.1, 0.15) is 0 Å². The molecule has 2 aromatic heterocycles. The van der Waals surface area contributed by atoms with Crippen LogP contribution in [0.25, 0.3) is 17.1 Å². The maximum absolute atomic E-state index is 12.0. The van der Waals surface area contributed by atoms with Crippen LogP contribution in [0.3, 0.4) is 0 Å². The van der Waals surface area contributed by atoms with Gasteiger partial charge in [-0.25, -0.2) is 14.6 Å². The second kappa shape index (κ2) is 10.2. The minimum atomic E-state index is 0.187. The second-order valence-electron chi connectivity index (χ2n) is 8.54. The van der Waals surface area contributed by atoms with Crippen LogP contribution >= 0.6 is 11.6 Å². The number of nitrogens with one attached hydrogen (secondary N) is 1. The number of aromatic nitrogens is 4. The van der Waals surface area contributed by atoms with E-state index >= 15 is 0 Å². The van der Waals surface area contributed by atoms with Crippen LogP contribution in [0.5, 0.6) is 0 Å². The molecule has 0 atom stereocenters. The van der Waals surface area contributed by atoms with Gasteiger partial charge in [-0.15, -0.1) is 0 Å². The second-order valence-corrected chi connectivity index (χ2v) is 8.98. The molecule has 1 fully saturated rings. The monoisotopic (exact) mass is 487 g/mol. The molecule has 0 radical (unpaired) electrons. The SMILES string of the molecule is CN1CCN(Cc2cc(Cl)cc(Nc3nccc(-c4ccnn4-c4ccccc4)n3)c2)CCC1=O. The Kier molecular flexibility index (Phi) is 6.74. The van der Waals surface area contributed by atoms with Gasteiger partial charge in [-0.1, -0.05) is 29.8 Å². The van der Waals surface area contributed by atoms with Gasteiger partial charge < -0.3 is 10.2 Å². The minimum absolute atomic E-state index is 0.187. The van der Waals surface area contributed by atoms with E-state index in [2.05, 4.69) is 20.3 Å². The van der Waals surface area contributed by atoms with E-state index in [0.29, 0.717) is 23.9 Å². The number of benzene rings is 2. The standard InChI is InChI=1S/C26H26ClN7O/c1-32-13-14-33(12-9-25(32)35)18-19-15-20(27)17-21(16-19)30-26-28-10-7-23(31-26)24-8-11-29-34(24)22-5-3-2-4-6-22/h2-8,10-11,15-17H,9,12-14,18H2,1H3,(H,28,30,31). The fourth-order valence-corrected chi connectivity index (χ4v) is 4.42. The topological polar surface area (TPSA) is 79.2 Å². The van der Waals surface area contributed by atoms with Crippen molar-refractivity contribution in [3.05, 3.63) is 83.6 Å². The quantitative estimate of drug-likeness (QED) is 0.434. The third kappa shape index (κ3) is 5.50. The first-order chi connectivity index (χ1) is 17.0. The van der Waals surface area contributed by atoms with E-state index in [0.717, 1.165) is 48.0 Å². The zero-order chi connectivity index (χ0) is 24.2. The zero-order valence-electron chi connectivity index (χ0n) is 19.4. The molecule has 0 spiro atoms. The normalized spacial score (nSPS) is 14.7. The fourth-order valence-electron chi connectivity index (χ4n) is 4.17. The van der Waals surface area contributed by atoms with Gasteiger partial charge in [0, 0.05) is 56.6 Å². The van der Waals surface area contributed by atoms with Gasteiger partial charge in [0.2, 0.25) is 11.9 Å². The number of amides is 1. The van der Waals surface area contributed by atoms with Gasteiger partial charge >= 0.3 is 0 Å². The van der Waals surface area contributed by atoms with Crippen molar-refractivity contribution in [2.24, 2.45) is 0 Å². The number of para-hydroxylation sites is 1. The maximum Gasteiger partial charge on any atom is 0.227 e. The first kappa shape index (κ1) is 23.0. The summed E-state index contributed by atoms with van der Waals surface area (Å²) in [5, 5.41) is 8.38. The van der Waals surface area contributed by atoms with Crippen LogP contribution in [-0.2, 0) is 11.3 Å². The highest BCUT2D eigenvalue weighted by Crippen LogP contribution is 2.25. The summed E-state index contributed by atoms with van der Waals surface area (Å²) in [6.45, 7) is 3.01. The third-order valence-electron chi connectivity index (χ3n) is 6.00. The van der Waals surface area contributed by atoms with Crippen LogP contribution in [0.1, 0.15) is 12.0 Å². The molecule has 1 aliphatic rings. The van der Waals surface area contributed by atoms with E-state index in [-0.39, 0.29) is 5.91 Å². The van der Waals surface area contributed by atoms with Crippen LogP contribution < -0.4 is 5.32 Å². The van der Waals surface area contributed by atoms with Crippen molar-refractivity contribution in [2.75, 3.05) is 32.0 Å². The molecule has 0 bridgehead atoms. The summed E-state index contributed by atoms with van der Waals surface area (Å²) in [6.07, 6.45) is 4.01. The number of carbonyl (C=O) groups is 1. The molecular formula is C26H26ClN7O. The number of nitrogens with zero attached hydrogens (tertiary/aromatic N) is 6. The van der Waals surface area contributed by atoms with Crippen LogP contribution in [0, 0.1) is 0 Å². The van der Waals surface area contributed by atoms with E-state index < -0.39 is 0 Å². The largest absolute Gasteiger partial charge is 0.344 e. The Morgan fingerprint density at radius 3 is 2.71 bits per heavy atom. The summed E-state index contributed by atoms with van der Waals surface area (Å²) in [5.74, 6) is 0.658. The van der Waals surface area contributed by atoms with Crippen LogP contribution in [-0.4, -0.2) is 62.1 Å². The molecule has 0 unspecified atom stereocenters. The Morgan fingerprint density at radius 1 is 1.00 bits per heavy atom. The lowest BCUT2D eigenvalue weighted by atomic mass is 10.2. The lowest BCUT2D eigenvalue weighted by molar-refractivity contribution is -0.129. The average molecular weight is 488 g/mol. The Bertz CT molecular complexity index is 1320. The molecule has 35 heavy (non-hydrogen) atoms. The molecule has 4 aromatic rings. The molecule has 2 aromatic carbocycles. The predicted molar refractivity (Wildman–Crippen MR) is 137 cm³/mol. The average Bonchev–Trinajstić information content (AvgIpc) is 3.30. The number of likely N-dealkylation sites (N-methyl/N-ethyl adjacent to an activating group) is 1. The van der Waals surface area contributed by atoms with Crippen LogP contribution in [0.2, 0.25) is 5.02 Å². The van der Waals surface area contributed by atoms with Crippen LogP contribution in [0.4, 0.5) is 11.6 Å². The third-order valence-corrected chi connectivity index (χ3v) is 6.22. The van der Waals surface area contributed by atoms with Crippen molar-refractivity contribution in [1.82, 2.24) is 29.5 Å². The smallest absolute Gasteiger partial charge is 0.227 e. The van der Waals surface area contributed by atoms with E-state index in [1.54, 1.807) is 17.3 Å². The molecule has 0 aliphatic carbocycles. The fraction of sp³-hybridized carbons (Fsp3) is 0.231. The number of rotatable bonds is 6. The number of hydrogen-bond acceptors (Lipinski definition) is 6. The summed E-state index contributed by atoms with van der Waals surface area (Å²) >= 11 is 6.44. The van der Waals surface area contributed by atoms with Crippen molar-refractivity contribution < 1.29 is 4.79 Å². The van der Waals surface area contributed by atoms with E-state index in [1.807, 2.05) is 72.4 Å². The van der Waals surface area contributed by atoms with Crippen molar-refractivity contribution in [3.63, 3.8) is 0 Å². The van der Waals surface area contributed by atoms with Crippen molar-refractivity contribution in [3.8, 4) is 17.1 Å². The van der Waals surface area contributed by atoms with Gasteiger partial charge in [0.25, 0.3) is 0 Å². The Hall–Kier alpha value is -3.75. The molecule has 1 N–H and O–H groups in total. The lowest BCUT2D eigenvalue weighted by Gasteiger charge is -2.20. The van der Waals surface area contributed by atoms with Crippen molar-refractivity contribution in [1.29, 1.82) is 0 Å². The summed E-state index contributed by atoms with van der Waals surface area (Å²) in [7, 11) is 1.86.